The summed E-state index contributed by atoms with van der Waals surface area (Å²) < 4.78 is 4.08. The summed E-state index contributed by atoms with van der Waals surface area (Å²) in [6.07, 6.45) is 15.0. The van der Waals surface area contributed by atoms with Gasteiger partial charge in [0.25, 0.3) is 0 Å². The van der Waals surface area contributed by atoms with Crippen LogP contribution in [-0.4, -0.2) is 11.9 Å². The molecule has 0 atom stereocenters. The van der Waals surface area contributed by atoms with Gasteiger partial charge in [-0.25, -0.2) is 0 Å². The molecule has 0 spiro atoms. The molecule has 0 saturated carbocycles. The van der Waals surface area contributed by atoms with E-state index >= 15 is 0 Å². The monoisotopic (exact) mass is 270 g/mol. The van der Waals surface area contributed by atoms with Gasteiger partial charge in [-0.05, 0) is 0 Å². The maximum Gasteiger partial charge on any atom is 0.314 e. The Morgan fingerprint density at radius 3 is 1.21 bits per heavy atom. The van der Waals surface area contributed by atoms with Crippen LogP contribution in [0.25, 0.3) is 0 Å². The van der Waals surface area contributed by atoms with Crippen molar-refractivity contribution in [2.45, 2.75) is 90.9 Å². The zero-order chi connectivity index (χ0) is 14.3. The second kappa shape index (κ2) is 13.6. The highest BCUT2D eigenvalue weighted by Crippen LogP contribution is 2.09. The Kier molecular flexibility index (Phi) is 13.0. The minimum Gasteiger partial charge on any atom is -0.393 e. The summed E-state index contributed by atoms with van der Waals surface area (Å²) in [6, 6.07) is 0. The molecule has 112 valence electrons. The van der Waals surface area contributed by atoms with Crippen molar-refractivity contribution >= 4 is 11.9 Å². The maximum atomic E-state index is 10.0. The molecule has 3 nitrogen and oxygen atoms in total. The van der Waals surface area contributed by atoms with Crippen LogP contribution in [0.5, 0.6) is 0 Å². The van der Waals surface area contributed by atoms with Crippen LogP contribution in [0, 0.1) is 0 Å². The standard InChI is InChI=1S/C12H26.C4H4O3/c1-3-5-7-9-11-12-10-8-6-4-2;5-3-1-2-4(6)7-3/h3-12H2,1-2H3;1-2H2. The predicted molar refractivity (Wildman–Crippen MR) is 77.9 cm³/mol. The van der Waals surface area contributed by atoms with Crippen LogP contribution < -0.4 is 0 Å². The zero-order valence-electron chi connectivity index (χ0n) is 12.7. The SMILES string of the molecule is CCCCCCCCCCCC.O=C1CCC(=O)O1. The van der Waals surface area contributed by atoms with Gasteiger partial charge in [-0.1, -0.05) is 78.1 Å². The zero-order valence-corrected chi connectivity index (χ0v) is 12.7. The van der Waals surface area contributed by atoms with Crippen LogP contribution in [0.1, 0.15) is 90.9 Å². The van der Waals surface area contributed by atoms with E-state index in [9.17, 15) is 9.59 Å². The quantitative estimate of drug-likeness (QED) is 0.344. The van der Waals surface area contributed by atoms with Crippen molar-refractivity contribution in [1.29, 1.82) is 0 Å². The summed E-state index contributed by atoms with van der Waals surface area (Å²) >= 11 is 0. The van der Waals surface area contributed by atoms with Crippen molar-refractivity contribution in [2.24, 2.45) is 0 Å². The average molecular weight is 270 g/mol. The highest BCUT2D eigenvalue weighted by molar-refractivity contribution is 5.92. The average Bonchev–Trinajstić information content (AvgIpc) is 2.77. The molecule has 3 heteroatoms. The summed E-state index contributed by atoms with van der Waals surface area (Å²) in [4.78, 5) is 20.0. The first-order chi connectivity index (χ1) is 9.20. The Labute approximate surface area is 118 Å². The summed E-state index contributed by atoms with van der Waals surface area (Å²) in [7, 11) is 0. The highest BCUT2D eigenvalue weighted by Gasteiger charge is 2.19. The second-order valence-corrected chi connectivity index (χ2v) is 5.17. The molecule has 0 bridgehead atoms. The fourth-order valence-corrected chi connectivity index (χ4v) is 1.99. The second-order valence-electron chi connectivity index (χ2n) is 5.17. The van der Waals surface area contributed by atoms with Gasteiger partial charge in [0.1, 0.15) is 0 Å². The third kappa shape index (κ3) is 13.4. The van der Waals surface area contributed by atoms with Gasteiger partial charge < -0.3 is 4.74 Å². The van der Waals surface area contributed by atoms with Gasteiger partial charge in [0.15, 0.2) is 0 Å². The molecule has 1 fully saturated rings. The molecule has 0 amide bonds. The van der Waals surface area contributed by atoms with Gasteiger partial charge >= 0.3 is 11.9 Å². The number of hydrogen-bond donors (Lipinski definition) is 0. The van der Waals surface area contributed by atoms with Crippen LogP contribution in [0.3, 0.4) is 0 Å². The molecular formula is C16H30O3. The molecule has 1 aliphatic rings. The Balaban J connectivity index is 0.000000388. The molecule has 0 aromatic rings. The first-order valence-electron chi connectivity index (χ1n) is 7.94. The number of esters is 2. The van der Waals surface area contributed by atoms with Gasteiger partial charge in [0, 0.05) is 0 Å². The molecule has 0 N–H and O–H groups in total. The Morgan fingerprint density at radius 1 is 0.684 bits per heavy atom. The summed E-state index contributed by atoms with van der Waals surface area (Å²) in [5.74, 6) is -0.796. The van der Waals surface area contributed by atoms with Crippen molar-refractivity contribution in [3.05, 3.63) is 0 Å². The van der Waals surface area contributed by atoms with Gasteiger partial charge in [-0.3, -0.25) is 9.59 Å². The first-order valence-corrected chi connectivity index (χ1v) is 7.94. The summed E-state index contributed by atoms with van der Waals surface area (Å²) in [6.45, 7) is 4.56. The van der Waals surface area contributed by atoms with Crippen LogP contribution in [0.2, 0.25) is 0 Å². The largest absolute Gasteiger partial charge is 0.393 e. The molecule has 0 unspecified atom stereocenters. The highest BCUT2D eigenvalue weighted by atomic mass is 16.6. The molecule has 19 heavy (non-hydrogen) atoms. The van der Waals surface area contributed by atoms with E-state index < -0.39 is 11.9 Å². The fourth-order valence-electron chi connectivity index (χ4n) is 1.99. The van der Waals surface area contributed by atoms with Crippen molar-refractivity contribution in [2.75, 3.05) is 0 Å². The number of hydrogen-bond acceptors (Lipinski definition) is 3. The van der Waals surface area contributed by atoms with E-state index in [1.807, 2.05) is 0 Å². The molecule has 1 saturated heterocycles. The lowest BCUT2D eigenvalue weighted by Crippen LogP contribution is -1.94. The third-order valence-corrected chi connectivity index (χ3v) is 3.22. The van der Waals surface area contributed by atoms with Crippen molar-refractivity contribution in [3.8, 4) is 0 Å². The van der Waals surface area contributed by atoms with E-state index in [-0.39, 0.29) is 12.8 Å². The minimum atomic E-state index is -0.398. The van der Waals surface area contributed by atoms with Crippen molar-refractivity contribution in [1.82, 2.24) is 0 Å². The Morgan fingerprint density at radius 2 is 1.00 bits per heavy atom. The molecule has 0 radical (unpaired) electrons. The van der Waals surface area contributed by atoms with E-state index in [0.29, 0.717) is 0 Å². The molecule has 0 aromatic carbocycles. The number of ether oxygens (including phenoxy) is 1. The van der Waals surface area contributed by atoms with E-state index in [2.05, 4.69) is 18.6 Å². The summed E-state index contributed by atoms with van der Waals surface area (Å²) in [5, 5.41) is 0. The van der Waals surface area contributed by atoms with E-state index in [4.69, 9.17) is 0 Å². The van der Waals surface area contributed by atoms with Gasteiger partial charge in [-0.2, -0.15) is 0 Å². The lowest BCUT2D eigenvalue weighted by atomic mass is 10.1. The minimum absolute atomic E-state index is 0.263. The smallest absolute Gasteiger partial charge is 0.314 e. The van der Waals surface area contributed by atoms with Crippen LogP contribution in [0.4, 0.5) is 0 Å². The van der Waals surface area contributed by atoms with Crippen LogP contribution >= 0.6 is 0 Å². The molecule has 0 aliphatic carbocycles. The lowest BCUT2D eigenvalue weighted by molar-refractivity contribution is -0.151. The normalized spacial score (nSPS) is 14.0. The van der Waals surface area contributed by atoms with Crippen molar-refractivity contribution < 1.29 is 14.3 Å². The van der Waals surface area contributed by atoms with Gasteiger partial charge in [0.2, 0.25) is 0 Å². The van der Waals surface area contributed by atoms with Crippen LogP contribution in [0.15, 0.2) is 0 Å². The lowest BCUT2D eigenvalue weighted by Gasteiger charge is -1.99. The molecule has 1 rings (SSSR count). The summed E-state index contributed by atoms with van der Waals surface area (Å²) in [5.41, 5.74) is 0. The number of rotatable bonds is 9. The van der Waals surface area contributed by atoms with E-state index in [1.165, 1.54) is 64.2 Å². The third-order valence-electron chi connectivity index (χ3n) is 3.22. The molecular weight excluding hydrogens is 240 g/mol. The Bertz CT molecular complexity index is 212. The topological polar surface area (TPSA) is 43.4 Å². The van der Waals surface area contributed by atoms with Gasteiger partial charge in [0.05, 0.1) is 12.8 Å². The number of carbonyl (C=O) groups excluding carboxylic acids is 2. The van der Waals surface area contributed by atoms with Crippen molar-refractivity contribution in [3.63, 3.8) is 0 Å². The molecule has 1 aliphatic heterocycles. The molecule has 1 heterocycles. The fraction of sp³-hybridized carbons (Fsp3) is 0.875. The van der Waals surface area contributed by atoms with E-state index in [1.54, 1.807) is 0 Å². The number of carbonyl (C=O) groups is 2. The maximum absolute atomic E-state index is 10.0. The van der Waals surface area contributed by atoms with Crippen LogP contribution in [-0.2, 0) is 14.3 Å². The Hall–Kier alpha value is -0.860. The first kappa shape index (κ1) is 18.1. The number of cyclic esters (lactones) is 2. The predicted octanol–water partition coefficient (Wildman–Crippen LogP) is 4.78. The van der Waals surface area contributed by atoms with E-state index in [0.717, 1.165) is 0 Å². The number of unbranched alkanes of at least 4 members (excludes halogenated alkanes) is 9. The molecule has 0 aromatic heterocycles. The van der Waals surface area contributed by atoms with Gasteiger partial charge in [-0.15, -0.1) is 0 Å².